The van der Waals surface area contributed by atoms with Gasteiger partial charge in [-0.15, -0.1) is 9.97 Å². The number of nitrogens with zero attached hydrogens (tertiary/aromatic N) is 3. The zero-order chi connectivity index (χ0) is 10.8. The van der Waals surface area contributed by atoms with E-state index < -0.39 is 30.9 Å². The summed E-state index contributed by atoms with van der Waals surface area (Å²) in [5.74, 6) is 0. The summed E-state index contributed by atoms with van der Waals surface area (Å²) >= 11 is 0. The molecular formula is C5H2F5N3O. The van der Waals surface area contributed by atoms with E-state index in [1.165, 1.54) is 0 Å². The smallest absolute Gasteiger partial charge is 0.422 e. The van der Waals surface area contributed by atoms with Crippen LogP contribution in [0.1, 0.15) is 0 Å². The molecule has 0 bridgehead atoms. The van der Waals surface area contributed by atoms with Crippen molar-refractivity contribution in [1.82, 2.24) is 15.0 Å². The van der Waals surface area contributed by atoms with Gasteiger partial charge in [-0.2, -0.15) is 26.9 Å². The molecule has 0 aromatic carbocycles. The zero-order valence-electron chi connectivity index (χ0n) is 6.35. The Hall–Kier alpha value is -1.54. The molecule has 0 aliphatic rings. The molecule has 78 valence electrons. The number of alkyl halides is 3. The lowest BCUT2D eigenvalue weighted by molar-refractivity contribution is -0.155. The first-order chi connectivity index (χ1) is 6.37. The summed E-state index contributed by atoms with van der Waals surface area (Å²) in [6.45, 7) is -1.73. The third kappa shape index (κ3) is 3.46. The minimum absolute atomic E-state index is 1.05. The van der Waals surface area contributed by atoms with Crippen molar-refractivity contribution in [3.05, 3.63) is 12.2 Å². The van der Waals surface area contributed by atoms with Gasteiger partial charge in [0, 0.05) is 0 Å². The molecule has 1 rings (SSSR count). The Kier molecular flexibility index (Phi) is 2.77. The molecule has 0 N–H and O–H groups in total. The SMILES string of the molecule is Fc1nc(F)nc(OCC(F)(F)F)n1. The van der Waals surface area contributed by atoms with Gasteiger partial charge in [-0.1, -0.05) is 0 Å². The van der Waals surface area contributed by atoms with E-state index in [9.17, 15) is 22.0 Å². The number of aromatic nitrogens is 3. The lowest BCUT2D eigenvalue weighted by atomic mass is 10.7. The second-order valence-electron chi connectivity index (χ2n) is 2.06. The molecule has 0 spiro atoms. The van der Waals surface area contributed by atoms with Gasteiger partial charge in [-0.25, -0.2) is 0 Å². The number of rotatable bonds is 2. The van der Waals surface area contributed by atoms with Crippen LogP contribution in [0.3, 0.4) is 0 Å². The summed E-state index contributed by atoms with van der Waals surface area (Å²) in [5.41, 5.74) is 0. The highest BCUT2D eigenvalue weighted by atomic mass is 19.4. The van der Waals surface area contributed by atoms with Crippen molar-refractivity contribution < 1.29 is 26.7 Å². The second-order valence-corrected chi connectivity index (χ2v) is 2.06. The van der Waals surface area contributed by atoms with Crippen LogP contribution in [-0.2, 0) is 0 Å². The topological polar surface area (TPSA) is 47.9 Å². The molecular weight excluding hydrogens is 213 g/mol. The fraction of sp³-hybridized carbons (Fsp3) is 0.400. The minimum Gasteiger partial charge on any atom is -0.454 e. The summed E-state index contributed by atoms with van der Waals surface area (Å²) < 4.78 is 62.9. The van der Waals surface area contributed by atoms with Gasteiger partial charge in [0.2, 0.25) is 0 Å². The third-order valence-electron chi connectivity index (χ3n) is 0.925. The van der Waals surface area contributed by atoms with Crippen LogP contribution in [-0.4, -0.2) is 27.7 Å². The van der Waals surface area contributed by atoms with E-state index >= 15 is 0 Å². The first kappa shape index (κ1) is 10.5. The van der Waals surface area contributed by atoms with Crippen LogP contribution in [0, 0.1) is 12.2 Å². The molecule has 0 fully saturated rings. The van der Waals surface area contributed by atoms with Crippen LogP contribution in [0.2, 0.25) is 0 Å². The van der Waals surface area contributed by atoms with Gasteiger partial charge < -0.3 is 4.74 Å². The maximum Gasteiger partial charge on any atom is 0.422 e. The van der Waals surface area contributed by atoms with Crippen LogP contribution >= 0.6 is 0 Å². The third-order valence-corrected chi connectivity index (χ3v) is 0.925. The van der Waals surface area contributed by atoms with Gasteiger partial charge in [0.05, 0.1) is 0 Å². The van der Waals surface area contributed by atoms with Crippen LogP contribution in [0.4, 0.5) is 22.0 Å². The van der Waals surface area contributed by atoms with Crippen molar-refractivity contribution in [3.63, 3.8) is 0 Å². The molecule has 9 heteroatoms. The average Bonchev–Trinajstić information content (AvgIpc) is 1.97. The van der Waals surface area contributed by atoms with E-state index in [1.54, 1.807) is 0 Å². The maximum atomic E-state index is 12.2. The Morgan fingerprint density at radius 3 is 1.93 bits per heavy atom. The van der Waals surface area contributed by atoms with E-state index in [-0.39, 0.29) is 0 Å². The van der Waals surface area contributed by atoms with Crippen molar-refractivity contribution in [2.24, 2.45) is 0 Å². The molecule has 1 heterocycles. The second kappa shape index (κ2) is 3.68. The fourth-order valence-corrected chi connectivity index (χ4v) is 0.520. The Morgan fingerprint density at radius 1 is 1.00 bits per heavy atom. The van der Waals surface area contributed by atoms with Crippen LogP contribution in [0.15, 0.2) is 0 Å². The van der Waals surface area contributed by atoms with E-state index in [0.29, 0.717) is 0 Å². The van der Waals surface area contributed by atoms with Crippen molar-refractivity contribution in [2.45, 2.75) is 6.18 Å². The van der Waals surface area contributed by atoms with Crippen LogP contribution in [0.5, 0.6) is 6.01 Å². The predicted molar refractivity (Wildman–Crippen MR) is 31.3 cm³/mol. The normalized spacial score (nSPS) is 11.5. The Balaban J connectivity index is 2.68. The largest absolute Gasteiger partial charge is 0.454 e. The quantitative estimate of drug-likeness (QED) is 0.693. The lowest BCUT2D eigenvalue weighted by Gasteiger charge is -2.06. The molecule has 0 unspecified atom stereocenters. The molecule has 0 atom stereocenters. The molecule has 0 amide bonds. The number of halogens is 5. The van der Waals surface area contributed by atoms with Gasteiger partial charge in [-0.3, -0.25) is 0 Å². The van der Waals surface area contributed by atoms with Crippen molar-refractivity contribution >= 4 is 0 Å². The predicted octanol–water partition coefficient (Wildman–Crippen LogP) is 1.09. The molecule has 0 aliphatic heterocycles. The molecule has 0 saturated carbocycles. The highest BCUT2D eigenvalue weighted by molar-refractivity contribution is 4.89. The van der Waals surface area contributed by atoms with Crippen molar-refractivity contribution in [2.75, 3.05) is 6.61 Å². The summed E-state index contributed by atoms with van der Waals surface area (Å²) in [5, 5.41) is 0. The average molecular weight is 215 g/mol. The summed E-state index contributed by atoms with van der Waals surface area (Å²) in [7, 11) is 0. The van der Waals surface area contributed by atoms with Crippen molar-refractivity contribution in [3.8, 4) is 6.01 Å². The highest BCUT2D eigenvalue weighted by Gasteiger charge is 2.29. The molecule has 1 aromatic heterocycles. The lowest BCUT2D eigenvalue weighted by Crippen LogP contribution is -2.20. The van der Waals surface area contributed by atoms with Crippen LogP contribution in [0.25, 0.3) is 0 Å². The van der Waals surface area contributed by atoms with Gasteiger partial charge in [0.15, 0.2) is 6.61 Å². The van der Waals surface area contributed by atoms with E-state index in [0.717, 1.165) is 0 Å². The number of hydrogen-bond acceptors (Lipinski definition) is 4. The first-order valence-corrected chi connectivity index (χ1v) is 3.13. The Morgan fingerprint density at radius 2 is 1.50 bits per heavy atom. The number of ether oxygens (including phenoxy) is 1. The molecule has 4 nitrogen and oxygen atoms in total. The highest BCUT2D eigenvalue weighted by Crippen LogP contribution is 2.15. The zero-order valence-corrected chi connectivity index (χ0v) is 6.35. The summed E-state index contributed by atoms with van der Waals surface area (Å²) in [6, 6.07) is -1.05. The van der Waals surface area contributed by atoms with Crippen molar-refractivity contribution in [1.29, 1.82) is 0 Å². The Bertz CT molecular complexity index is 307. The number of hydrogen-bond donors (Lipinski definition) is 0. The van der Waals surface area contributed by atoms with E-state index in [4.69, 9.17) is 0 Å². The molecule has 1 aromatic rings. The standard InChI is InChI=1S/C5H2F5N3O/c6-2-11-3(7)13-4(12-2)14-1-5(8,9)10/h1H2. The van der Waals surface area contributed by atoms with Gasteiger partial charge in [-0.05, 0) is 0 Å². The summed E-state index contributed by atoms with van der Waals surface area (Å²) in [4.78, 5) is 7.83. The van der Waals surface area contributed by atoms with Crippen LogP contribution < -0.4 is 4.74 Å². The molecule has 0 radical (unpaired) electrons. The Labute approximate surface area is 73.8 Å². The van der Waals surface area contributed by atoms with Gasteiger partial charge >= 0.3 is 24.3 Å². The van der Waals surface area contributed by atoms with Gasteiger partial charge in [0.25, 0.3) is 0 Å². The van der Waals surface area contributed by atoms with E-state index in [1.807, 2.05) is 0 Å². The maximum absolute atomic E-state index is 12.2. The summed E-state index contributed by atoms with van der Waals surface area (Å²) in [6.07, 6.45) is -7.72. The van der Waals surface area contributed by atoms with E-state index in [2.05, 4.69) is 19.7 Å². The first-order valence-electron chi connectivity index (χ1n) is 3.13. The molecule has 0 saturated heterocycles. The monoisotopic (exact) mass is 215 g/mol. The molecule has 14 heavy (non-hydrogen) atoms. The van der Waals surface area contributed by atoms with Gasteiger partial charge in [0.1, 0.15) is 0 Å². The fourth-order valence-electron chi connectivity index (χ4n) is 0.520. The minimum atomic E-state index is -4.63. The molecule has 0 aliphatic carbocycles.